The van der Waals surface area contributed by atoms with Crippen LogP contribution in [0.1, 0.15) is 25.8 Å². The molecule has 0 radical (unpaired) electrons. The van der Waals surface area contributed by atoms with Crippen molar-refractivity contribution >= 4 is 5.69 Å². The lowest BCUT2D eigenvalue weighted by molar-refractivity contribution is -0.0884. The molecule has 0 saturated heterocycles. The van der Waals surface area contributed by atoms with Gasteiger partial charge in [0.1, 0.15) is 0 Å². The second-order valence-corrected chi connectivity index (χ2v) is 5.13. The van der Waals surface area contributed by atoms with Gasteiger partial charge in [-0.2, -0.15) is 13.2 Å². The molecule has 1 aromatic rings. The molecule has 0 saturated carbocycles. The minimum Gasteiger partial charge on any atom is -0.361 e. The first-order valence-electron chi connectivity index (χ1n) is 7.73. The molecule has 130 valence electrons. The fraction of sp³-hybridized carbons (Fsp3) is 0.263. The Bertz CT molecular complexity index is 640. The molecule has 0 aliphatic rings. The van der Waals surface area contributed by atoms with Gasteiger partial charge in [0, 0.05) is 5.69 Å². The zero-order valence-corrected chi connectivity index (χ0v) is 14.0. The summed E-state index contributed by atoms with van der Waals surface area (Å²) in [5.74, 6) is 0. The Morgan fingerprint density at radius 1 is 1.25 bits per heavy atom. The number of anilines is 1. The van der Waals surface area contributed by atoms with Crippen LogP contribution in [-0.4, -0.2) is 6.18 Å². The molecule has 1 aromatic carbocycles. The number of hydrogen-bond acceptors (Lipinski definition) is 2. The molecular formula is C19H23F3N2. The van der Waals surface area contributed by atoms with Crippen LogP contribution in [0, 0.1) is 0 Å². The standard InChI is InChI=1S/C19H23F3N2/c1-5-9-16(19(20,21)22)13-18(14(4)23-7-3)24-17-11-8-10-15(6-2)12-17/h7-13,23-24H,3-6H2,1-2H3/b16-9-,18-13-. The van der Waals surface area contributed by atoms with Gasteiger partial charge in [0.2, 0.25) is 0 Å². The van der Waals surface area contributed by atoms with E-state index in [4.69, 9.17) is 0 Å². The molecule has 0 aliphatic carbocycles. The molecule has 2 N–H and O–H groups in total. The highest BCUT2D eigenvalue weighted by Gasteiger charge is 2.32. The summed E-state index contributed by atoms with van der Waals surface area (Å²) in [6, 6.07) is 7.51. The lowest BCUT2D eigenvalue weighted by Gasteiger charge is -2.16. The predicted octanol–water partition coefficient (Wildman–Crippen LogP) is 5.69. The van der Waals surface area contributed by atoms with Gasteiger partial charge in [-0.25, -0.2) is 0 Å². The smallest absolute Gasteiger partial charge is 0.361 e. The van der Waals surface area contributed by atoms with Gasteiger partial charge in [0.05, 0.1) is 17.0 Å². The number of alkyl halides is 3. The van der Waals surface area contributed by atoms with Crippen LogP contribution in [0.4, 0.5) is 18.9 Å². The summed E-state index contributed by atoms with van der Waals surface area (Å²) < 4.78 is 39.5. The molecule has 2 nitrogen and oxygen atoms in total. The summed E-state index contributed by atoms with van der Waals surface area (Å²) in [7, 11) is 0. The highest BCUT2D eigenvalue weighted by Crippen LogP contribution is 2.29. The topological polar surface area (TPSA) is 24.1 Å². The Morgan fingerprint density at radius 2 is 1.96 bits per heavy atom. The number of halogens is 3. The Morgan fingerprint density at radius 3 is 2.50 bits per heavy atom. The first kappa shape index (κ1) is 19.6. The Hall–Kier alpha value is -2.43. The van der Waals surface area contributed by atoms with E-state index < -0.39 is 11.7 Å². The van der Waals surface area contributed by atoms with Gasteiger partial charge < -0.3 is 10.6 Å². The fourth-order valence-corrected chi connectivity index (χ4v) is 2.06. The molecular weight excluding hydrogens is 313 g/mol. The summed E-state index contributed by atoms with van der Waals surface area (Å²) in [4.78, 5) is 0. The van der Waals surface area contributed by atoms with E-state index in [1.165, 1.54) is 6.20 Å². The first-order chi connectivity index (χ1) is 11.3. The van der Waals surface area contributed by atoms with Gasteiger partial charge in [-0.3, -0.25) is 0 Å². The van der Waals surface area contributed by atoms with Gasteiger partial charge in [-0.15, -0.1) is 0 Å². The van der Waals surface area contributed by atoms with Crippen LogP contribution < -0.4 is 10.6 Å². The van der Waals surface area contributed by atoms with E-state index in [1.807, 2.05) is 25.1 Å². The van der Waals surface area contributed by atoms with Crippen LogP contribution in [0.25, 0.3) is 0 Å². The highest BCUT2D eigenvalue weighted by molar-refractivity contribution is 5.55. The van der Waals surface area contributed by atoms with E-state index in [0.29, 0.717) is 11.4 Å². The van der Waals surface area contributed by atoms with Crippen LogP contribution in [0.3, 0.4) is 0 Å². The van der Waals surface area contributed by atoms with E-state index in [0.717, 1.165) is 24.1 Å². The van der Waals surface area contributed by atoms with Crippen molar-refractivity contribution in [2.75, 3.05) is 5.32 Å². The third kappa shape index (κ3) is 5.99. The van der Waals surface area contributed by atoms with Gasteiger partial charge >= 0.3 is 6.18 Å². The maximum atomic E-state index is 13.2. The maximum absolute atomic E-state index is 13.2. The molecule has 1 rings (SSSR count). The molecule has 24 heavy (non-hydrogen) atoms. The predicted molar refractivity (Wildman–Crippen MR) is 94.4 cm³/mol. The SMILES string of the molecule is C=CNC(=C)/C(=C/C(=C/CC)C(F)(F)F)Nc1cccc(CC)c1. The molecule has 0 atom stereocenters. The highest BCUT2D eigenvalue weighted by atomic mass is 19.4. The van der Waals surface area contributed by atoms with E-state index in [-0.39, 0.29) is 12.1 Å². The van der Waals surface area contributed by atoms with Crippen LogP contribution in [0.5, 0.6) is 0 Å². The largest absolute Gasteiger partial charge is 0.416 e. The molecule has 5 heteroatoms. The Kier molecular flexibility index (Phi) is 7.36. The average Bonchev–Trinajstić information content (AvgIpc) is 2.53. The quantitative estimate of drug-likeness (QED) is 0.596. The zero-order valence-electron chi connectivity index (χ0n) is 14.0. The Labute approximate surface area is 141 Å². The number of rotatable bonds is 8. The van der Waals surface area contributed by atoms with Crippen molar-refractivity contribution in [3.8, 4) is 0 Å². The van der Waals surface area contributed by atoms with Crippen molar-refractivity contribution in [3.63, 3.8) is 0 Å². The molecule has 0 fully saturated rings. The maximum Gasteiger partial charge on any atom is 0.416 e. The third-order valence-corrected chi connectivity index (χ3v) is 3.27. The molecule has 0 bridgehead atoms. The molecule has 0 amide bonds. The second-order valence-electron chi connectivity index (χ2n) is 5.13. The second kappa shape index (κ2) is 9.01. The van der Waals surface area contributed by atoms with Crippen molar-refractivity contribution in [3.05, 3.63) is 78.3 Å². The van der Waals surface area contributed by atoms with Crippen molar-refractivity contribution < 1.29 is 13.2 Å². The number of allylic oxidation sites excluding steroid dienone is 3. The summed E-state index contributed by atoms with van der Waals surface area (Å²) in [6.45, 7) is 11.0. The van der Waals surface area contributed by atoms with E-state index in [1.54, 1.807) is 13.0 Å². The normalized spacial score (nSPS) is 12.7. The van der Waals surface area contributed by atoms with Gasteiger partial charge in [0.25, 0.3) is 0 Å². The van der Waals surface area contributed by atoms with Crippen LogP contribution in [0.15, 0.2) is 72.7 Å². The van der Waals surface area contributed by atoms with Gasteiger partial charge in [-0.1, -0.05) is 45.2 Å². The fourth-order valence-electron chi connectivity index (χ4n) is 2.06. The average molecular weight is 336 g/mol. The lowest BCUT2D eigenvalue weighted by Crippen LogP contribution is -2.16. The van der Waals surface area contributed by atoms with Crippen molar-refractivity contribution in [1.29, 1.82) is 0 Å². The molecule has 0 unspecified atom stereocenters. The lowest BCUT2D eigenvalue weighted by atomic mass is 10.1. The summed E-state index contributed by atoms with van der Waals surface area (Å²) >= 11 is 0. The molecule has 0 spiro atoms. The summed E-state index contributed by atoms with van der Waals surface area (Å²) in [5, 5.41) is 5.75. The van der Waals surface area contributed by atoms with Crippen LogP contribution in [0.2, 0.25) is 0 Å². The van der Waals surface area contributed by atoms with Crippen LogP contribution >= 0.6 is 0 Å². The summed E-state index contributed by atoms with van der Waals surface area (Å²) in [5.41, 5.74) is 1.61. The molecule has 0 heterocycles. The van der Waals surface area contributed by atoms with Crippen molar-refractivity contribution in [2.45, 2.75) is 32.9 Å². The first-order valence-corrected chi connectivity index (χ1v) is 7.73. The Balaban J connectivity index is 3.24. The van der Waals surface area contributed by atoms with E-state index in [2.05, 4.69) is 23.8 Å². The van der Waals surface area contributed by atoms with E-state index >= 15 is 0 Å². The molecule has 0 aromatic heterocycles. The number of aryl methyl sites for hydroxylation is 1. The zero-order chi connectivity index (χ0) is 18.2. The van der Waals surface area contributed by atoms with Crippen molar-refractivity contribution in [1.82, 2.24) is 5.32 Å². The number of benzene rings is 1. The minimum absolute atomic E-state index is 0.236. The molecule has 0 aliphatic heterocycles. The number of nitrogens with one attached hydrogen (secondary N) is 2. The monoisotopic (exact) mass is 336 g/mol. The van der Waals surface area contributed by atoms with Gasteiger partial charge in [-0.05, 0) is 42.8 Å². The van der Waals surface area contributed by atoms with Crippen LogP contribution in [-0.2, 0) is 6.42 Å². The van der Waals surface area contributed by atoms with E-state index in [9.17, 15) is 13.2 Å². The van der Waals surface area contributed by atoms with Crippen molar-refractivity contribution in [2.24, 2.45) is 0 Å². The third-order valence-electron chi connectivity index (χ3n) is 3.27. The number of hydrogen-bond donors (Lipinski definition) is 2. The summed E-state index contributed by atoms with van der Waals surface area (Å²) in [6.07, 6.45) is 0.265. The van der Waals surface area contributed by atoms with Gasteiger partial charge in [0.15, 0.2) is 0 Å². The minimum atomic E-state index is -4.43.